The molecule has 0 aliphatic carbocycles. The molecule has 0 bridgehead atoms. The second-order valence-electron chi connectivity index (χ2n) is 3.16. The molecule has 0 N–H and O–H groups in total. The van der Waals surface area contributed by atoms with Gasteiger partial charge in [0.1, 0.15) is 18.1 Å². The lowest BCUT2D eigenvalue weighted by Crippen LogP contribution is -2.21. The van der Waals surface area contributed by atoms with Crippen LogP contribution in [0.4, 0.5) is 30.7 Å². The Balaban J connectivity index is 3.41. The van der Waals surface area contributed by atoms with Gasteiger partial charge in [-0.25, -0.2) is 9.37 Å². The average molecular weight is 293 g/mol. The van der Waals surface area contributed by atoms with Gasteiger partial charge in [-0.15, -0.1) is 13.2 Å². The van der Waals surface area contributed by atoms with Crippen LogP contribution in [-0.4, -0.2) is 18.5 Å². The average Bonchev–Trinajstić information content (AvgIpc) is 2.24. The smallest absolute Gasteiger partial charge is 0.495 e. The molecule has 0 radical (unpaired) electrons. The second kappa shape index (κ2) is 5.10. The molecule has 0 aliphatic heterocycles. The molecule has 1 aromatic rings. The molecular weight excluding hydrogens is 287 g/mol. The van der Waals surface area contributed by atoms with E-state index in [-0.39, 0.29) is 6.07 Å². The third-order valence-corrected chi connectivity index (χ3v) is 1.87. The fraction of sp³-hybridized carbons (Fsp3) is 0.444. The highest BCUT2D eigenvalue weighted by molar-refractivity contribution is 5.41. The molecule has 10 heteroatoms. The summed E-state index contributed by atoms with van der Waals surface area (Å²) in [7, 11) is 0.945. The van der Waals surface area contributed by atoms with Crippen LogP contribution in [0.2, 0.25) is 0 Å². The van der Waals surface area contributed by atoms with E-state index in [1.54, 1.807) is 0 Å². The Morgan fingerprint density at radius 3 is 2.05 bits per heavy atom. The summed E-state index contributed by atoms with van der Waals surface area (Å²) < 4.78 is 93.6. The zero-order chi connectivity index (χ0) is 14.8. The minimum atomic E-state index is -5.34. The van der Waals surface area contributed by atoms with E-state index >= 15 is 0 Å². The predicted molar refractivity (Wildman–Crippen MR) is 47.3 cm³/mol. The zero-order valence-corrected chi connectivity index (χ0v) is 9.19. The van der Waals surface area contributed by atoms with E-state index in [1.165, 1.54) is 0 Å². The SMILES string of the molecule is COc1cc(OC(F)(F)F)c(C(F)(F)F)nc1CF. The molecule has 0 aliphatic rings. The largest absolute Gasteiger partial charge is 0.573 e. The minimum absolute atomic E-state index is 0.290. The Bertz CT molecular complexity index is 455. The molecule has 0 fully saturated rings. The van der Waals surface area contributed by atoms with E-state index in [2.05, 4.69) is 14.5 Å². The summed E-state index contributed by atoms with van der Waals surface area (Å²) in [5.41, 5.74) is -2.75. The summed E-state index contributed by atoms with van der Waals surface area (Å²) in [5, 5.41) is 0. The van der Waals surface area contributed by atoms with Crippen molar-refractivity contribution in [2.75, 3.05) is 7.11 Å². The molecule has 1 rings (SSSR count). The van der Waals surface area contributed by atoms with E-state index in [0.717, 1.165) is 7.11 Å². The number of ether oxygens (including phenoxy) is 2. The van der Waals surface area contributed by atoms with Gasteiger partial charge in [0.15, 0.2) is 11.4 Å². The van der Waals surface area contributed by atoms with Crippen molar-refractivity contribution in [3.8, 4) is 11.5 Å². The van der Waals surface area contributed by atoms with Gasteiger partial charge in [0, 0.05) is 6.07 Å². The van der Waals surface area contributed by atoms with Gasteiger partial charge < -0.3 is 9.47 Å². The first-order chi connectivity index (χ1) is 8.58. The number of alkyl halides is 7. The lowest BCUT2D eigenvalue weighted by atomic mass is 10.2. The van der Waals surface area contributed by atoms with Gasteiger partial charge in [-0.1, -0.05) is 0 Å². The Kier molecular flexibility index (Phi) is 4.11. The van der Waals surface area contributed by atoms with E-state index < -0.39 is 42.1 Å². The molecule has 1 heterocycles. The van der Waals surface area contributed by atoms with Crippen molar-refractivity contribution in [2.24, 2.45) is 0 Å². The second-order valence-corrected chi connectivity index (χ2v) is 3.16. The number of hydrogen-bond acceptors (Lipinski definition) is 3. The van der Waals surface area contributed by atoms with Gasteiger partial charge in [0.25, 0.3) is 0 Å². The van der Waals surface area contributed by atoms with Crippen molar-refractivity contribution < 1.29 is 40.2 Å². The molecule has 0 saturated heterocycles. The van der Waals surface area contributed by atoms with E-state index in [9.17, 15) is 30.7 Å². The third kappa shape index (κ3) is 3.86. The van der Waals surface area contributed by atoms with Crippen LogP contribution in [0, 0.1) is 0 Å². The molecule has 108 valence electrons. The number of aromatic nitrogens is 1. The Labute approximate surface area is 101 Å². The van der Waals surface area contributed by atoms with Gasteiger partial charge >= 0.3 is 12.5 Å². The molecule has 0 aromatic carbocycles. The fourth-order valence-electron chi connectivity index (χ4n) is 1.19. The van der Waals surface area contributed by atoms with Crippen LogP contribution in [0.5, 0.6) is 11.5 Å². The van der Waals surface area contributed by atoms with Gasteiger partial charge in [-0.2, -0.15) is 13.2 Å². The number of nitrogens with zero attached hydrogens (tertiary/aromatic N) is 1. The molecule has 0 amide bonds. The summed E-state index contributed by atoms with van der Waals surface area (Å²) in [4.78, 5) is 2.77. The molecular formula is C9H6F7NO2. The van der Waals surface area contributed by atoms with Gasteiger partial charge in [0.05, 0.1) is 7.11 Å². The quantitative estimate of drug-likeness (QED) is 0.800. The maximum absolute atomic E-state index is 12.5. The number of halogens is 7. The van der Waals surface area contributed by atoms with Gasteiger partial charge in [0.2, 0.25) is 0 Å². The van der Waals surface area contributed by atoms with Gasteiger partial charge in [-0.05, 0) is 0 Å². The Morgan fingerprint density at radius 1 is 1.11 bits per heavy atom. The molecule has 1 aromatic heterocycles. The topological polar surface area (TPSA) is 31.4 Å². The molecule has 19 heavy (non-hydrogen) atoms. The maximum Gasteiger partial charge on any atom is 0.573 e. The van der Waals surface area contributed by atoms with Crippen LogP contribution >= 0.6 is 0 Å². The number of rotatable bonds is 3. The lowest BCUT2D eigenvalue weighted by Gasteiger charge is -2.16. The van der Waals surface area contributed by atoms with E-state index in [4.69, 9.17) is 0 Å². The van der Waals surface area contributed by atoms with Crippen molar-refractivity contribution >= 4 is 0 Å². The summed E-state index contributed by atoms with van der Waals surface area (Å²) >= 11 is 0. The standard InChI is InChI=1S/C9H6F7NO2/c1-18-5-2-6(19-9(14,15)16)7(8(11,12)13)17-4(5)3-10/h2H,3H2,1H3. The molecule has 3 nitrogen and oxygen atoms in total. The van der Waals surface area contributed by atoms with Gasteiger partial charge in [-0.3, -0.25) is 0 Å². The maximum atomic E-state index is 12.5. The number of hydrogen-bond donors (Lipinski definition) is 0. The number of methoxy groups -OCH3 is 1. The lowest BCUT2D eigenvalue weighted by molar-refractivity contribution is -0.276. The van der Waals surface area contributed by atoms with Crippen LogP contribution < -0.4 is 9.47 Å². The third-order valence-electron chi connectivity index (χ3n) is 1.87. The Morgan fingerprint density at radius 2 is 1.68 bits per heavy atom. The molecule has 0 unspecified atom stereocenters. The predicted octanol–water partition coefficient (Wildman–Crippen LogP) is 3.48. The highest BCUT2D eigenvalue weighted by Crippen LogP contribution is 2.39. The zero-order valence-electron chi connectivity index (χ0n) is 9.19. The van der Waals surface area contributed by atoms with Crippen LogP contribution in [0.1, 0.15) is 11.4 Å². The van der Waals surface area contributed by atoms with Crippen molar-refractivity contribution in [3.63, 3.8) is 0 Å². The summed E-state index contributed by atoms with van der Waals surface area (Å²) in [6, 6.07) is 0.290. The minimum Gasteiger partial charge on any atom is -0.495 e. The first kappa shape index (κ1) is 15.3. The van der Waals surface area contributed by atoms with Crippen molar-refractivity contribution in [1.29, 1.82) is 0 Å². The normalized spacial score (nSPS) is 12.4. The molecule has 0 saturated carbocycles. The van der Waals surface area contributed by atoms with Crippen LogP contribution in [0.15, 0.2) is 6.07 Å². The molecule has 0 spiro atoms. The number of pyridine rings is 1. The van der Waals surface area contributed by atoms with Crippen LogP contribution in [0.25, 0.3) is 0 Å². The monoisotopic (exact) mass is 293 g/mol. The van der Waals surface area contributed by atoms with Crippen molar-refractivity contribution in [1.82, 2.24) is 4.98 Å². The fourth-order valence-corrected chi connectivity index (χ4v) is 1.19. The molecule has 0 atom stereocenters. The summed E-state index contributed by atoms with van der Waals surface area (Å²) in [6.45, 7) is -1.43. The highest BCUT2D eigenvalue weighted by Gasteiger charge is 2.41. The first-order valence-electron chi connectivity index (χ1n) is 4.55. The summed E-state index contributed by atoms with van der Waals surface area (Å²) in [5.74, 6) is -2.18. The van der Waals surface area contributed by atoms with Crippen LogP contribution in [0.3, 0.4) is 0 Å². The van der Waals surface area contributed by atoms with Crippen LogP contribution in [-0.2, 0) is 12.9 Å². The van der Waals surface area contributed by atoms with Crippen molar-refractivity contribution in [2.45, 2.75) is 19.2 Å². The first-order valence-corrected chi connectivity index (χ1v) is 4.55. The summed E-state index contributed by atoms with van der Waals surface area (Å²) in [6.07, 6.45) is -10.6. The van der Waals surface area contributed by atoms with Crippen molar-refractivity contribution in [3.05, 3.63) is 17.5 Å². The van der Waals surface area contributed by atoms with E-state index in [0.29, 0.717) is 0 Å². The Hall–Kier alpha value is -1.74. The highest BCUT2D eigenvalue weighted by atomic mass is 19.4. The van der Waals surface area contributed by atoms with E-state index in [1.807, 2.05) is 0 Å².